The fourth-order valence-electron chi connectivity index (χ4n) is 1.65. The molecule has 0 amide bonds. The molecule has 0 radical (unpaired) electrons. The van der Waals surface area contributed by atoms with E-state index in [0.717, 1.165) is 17.4 Å². The molecule has 138 valence electrons. The minimum Gasteiger partial charge on any atom is -0.322 e. The van der Waals surface area contributed by atoms with E-state index in [1.807, 2.05) is 0 Å². The Kier molecular flexibility index (Phi) is 6.00. The molecule has 11 heteroatoms. The molecule has 0 atom stereocenters. The first-order valence-electron chi connectivity index (χ1n) is 6.37. The average Bonchev–Trinajstić information content (AvgIpc) is 2.48. The van der Waals surface area contributed by atoms with Gasteiger partial charge in [0.1, 0.15) is 0 Å². The first kappa shape index (κ1) is 20.8. The van der Waals surface area contributed by atoms with Crippen LogP contribution in [0.1, 0.15) is 5.56 Å². The molecule has 1 rings (SSSR count). The number of nitrogens with one attached hydrogen (secondary N) is 1. The molecule has 24 heavy (non-hydrogen) atoms. The third-order valence-electron chi connectivity index (χ3n) is 3.07. The average molecular weight is 385 g/mol. The van der Waals surface area contributed by atoms with Gasteiger partial charge in [-0.15, -0.1) is 0 Å². The van der Waals surface area contributed by atoms with Gasteiger partial charge < -0.3 is 5.32 Å². The van der Waals surface area contributed by atoms with Crippen molar-refractivity contribution in [2.75, 3.05) is 17.7 Å². The summed E-state index contributed by atoms with van der Waals surface area (Å²) in [5, 5.41) is 0.792. The summed E-state index contributed by atoms with van der Waals surface area (Å²) >= 11 is 3.91. The van der Waals surface area contributed by atoms with Crippen LogP contribution in [0.4, 0.5) is 45.2 Å². The predicted octanol–water partition coefficient (Wildman–Crippen LogP) is 5.04. The predicted molar refractivity (Wildman–Crippen MR) is 73.4 cm³/mol. The van der Waals surface area contributed by atoms with Gasteiger partial charge in [-0.05, 0) is 29.9 Å². The molecule has 1 N–H and O–H groups in total. The van der Waals surface area contributed by atoms with Gasteiger partial charge in [-0.3, -0.25) is 0 Å². The van der Waals surface area contributed by atoms with Gasteiger partial charge in [-0.1, -0.05) is 12.1 Å². The maximum absolute atomic E-state index is 13.5. The molecule has 0 unspecified atom stereocenters. The number of anilines is 1. The van der Waals surface area contributed by atoms with Crippen LogP contribution in [0.3, 0.4) is 0 Å². The summed E-state index contributed by atoms with van der Waals surface area (Å²) < 4.78 is 117. The molecule has 1 aromatic carbocycles. The van der Waals surface area contributed by atoms with Gasteiger partial charge in [0.25, 0.3) is 0 Å². The van der Waals surface area contributed by atoms with E-state index >= 15 is 0 Å². The number of aryl methyl sites for hydroxylation is 1. The third kappa shape index (κ3) is 3.70. The lowest BCUT2D eigenvalue weighted by molar-refractivity contribution is -0.361. The quantitative estimate of drug-likeness (QED) is 0.363. The zero-order chi connectivity index (χ0) is 18.8. The Hall–Kier alpha value is -1.26. The van der Waals surface area contributed by atoms with Crippen molar-refractivity contribution >= 4 is 18.3 Å². The van der Waals surface area contributed by atoms with Crippen molar-refractivity contribution < 1.29 is 39.5 Å². The highest BCUT2D eigenvalue weighted by molar-refractivity contribution is 7.80. The van der Waals surface area contributed by atoms with Crippen molar-refractivity contribution in [1.82, 2.24) is 0 Å². The minimum absolute atomic E-state index is 0.408. The lowest BCUT2D eigenvalue weighted by Gasteiger charge is -2.36. The molecule has 0 aromatic heterocycles. The summed E-state index contributed by atoms with van der Waals surface area (Å²) in [6.45, 7) is -3.22. The van der Waals surface area contributed by atoms with Crippen LogP contribution in [0.15, 0.2) is 24.3 Å². The maximum atomic E-state index is 13.5. The highest BCUT2D eigenvalue weighted by Crippen LogP contribution is 2.52. The molecule has 1 aromatic rings. The van der Waals surface area contributed by atoms with Gasteiger partial charge in [0.2, 0.25) is 0 Å². The van der Waals surface area contributed by atoms with Crippen molar-refractivity contribution in [3.63, 3.8) is 0 Å². The van der Waals surface area contributed by atoms with E-state index in [4.69, 9.17) is 0 Å². The molecular weight excluding hydrogens is 373 g/mol. The number of hydrogen-bond acceptors (Lipinski definition) is 2. The second-order valence-corrected chi connectivity index (χ2v) is 5.30. The smallest absolute Gasteiger partial charge is 0.322 e. The van der Waals surface area contributed by atoms with Crippen LogP contribution in [0.2, 0.25) is 0 Å². The Labute approximate surface area is 136 Å². The normalized spacial score (nSPS) is 13.9. The summed E-state index contributed by atoms with van der Waals surface area (Å²) in [6, 6.07) is -1.52. The van der Waals surface area contributed by atoms with Crippen molar-refractivity contribution in [3.8, 4) is 0 Å². The van der Waals surface area contributed by atoms with Crippen molar-refractivity contribution in [3.05, 3.63) is 29.8 Å². The topological polar surface area (TPSA) is 12.0 Å². The van der Waals surface area contributed by atoms with Crippen molar-refractivity contribution in [2.45, 2.75) is 30.2 Å². The SMILES string of the molecule is FCC(F)(F)C(F)(F)C(F)(F)C(F)(F)Nc1ccc(CCS)cc1. The molecule has 0 heterocycles. The van der Waals surface area contributed by atoms with E-state index in [0.29, 0.717) is 17.7 Å². The molecule has 0 spiro atoms. The molecule has 1 nitrogen and oxygen atoms in total. The van der Waals surface area contributed by atoms with Crippen LogP contribution in [-0.2, 0) is 6.42 Å². The molecule has 0 aliphatic carbocycles. The largest absolute Gasteiger partial charge is 0.397 e. The van der Waals surface area contributed by atoms with Crippen LogP contribution in [-0.4, -0.2) is 36.2 Å². The van der Waals surface area contributed by atoms with Gasteiger partial charge in [-0.25, -0.2) is 4.39 Å². The van der Waals surface area contributed by atoms with Gasteiger partial charge in [0.15, 0.2) is 6.67 Å². The van der Waals surface area contributed by atoms with E-state index in [9.17, 15) is 39.5 Å². The number of benzene rings is 1. The van der Waals surface area contributed by atoms with Gasteiger partial charge in [0, 0.05) is 5.69 Å². The van der Waals surface area contributed by atoms with Crippen LogP contribution in [0, 0.1) is 0 Å². The van der Waals surface area contributed by atoms with Crippen LogP contribution in [0.5, 0.6) is 0 Å². The first-order chi connectivity index (χ1) is 10.8. The summed E-state index contributed by atoms with van der Waals surface area (Å²) in [6.07, 6.45) is 0.427. The Morgan fingerprint density at radius 2 is 1.33 bits per heavy atom. The van der Waals surface area contributed by atoms with Crippen LogP contribution in [0.25, 0.3) is 0 Å². The fraction of sp³-hybridized carbons (Fsp3) is 0.538. The molecule has 0 bridgehead atoms. The van der Waals surface area contributed by atoms with E-state index in [2.05, 4.69) is 12.6 Å². The summed E-state index contributed by atoms with van der Waals surface area (Å²) in [5.74, 6) is -18.7. The number of alkyl halides is 9. The molecular formula is C13H12F9NS. The van der Waals surface area contributed by atoms with Gasteiger partial charge in [-0.2, -0.15) is 47.8 Å². The van der Waals surface area contributed by atoms with E-state index in [-0.39, 0.29) is 0 Å². The Balaban J connectivity index is 3.08. The minimum atomic E-state index is -6.61. The first-order valence-corrected chi connectivity index (χ1v) is 7.01. The lowest BCUT2D eigenvalue weighted by Crippen LogP contribution is -2.65. The van der Waals surface area contributed by atoms with Crippen LogP contribution >= 0.6 is 12.6 Å². The number of hydrogen-bond donors (Lipinski definition) is 2. The second-order valence-electron chi connectivity index (χ2n) is 4.86. The van der Waals surface area contributed by atoms with E-state index in [1.54, 1.807) is 0 Å². The number of halogens is 9. The highest BCUT2D eigenvalue weighted by Gasteiger charge is 2.81. The van der Waals surface area contributed by atoms with E-state index < -0.39 is 36.2 Å². The number of thiol groups is 1. The molecule has 0 saturated carbocycles. The molecule has 0 aliphatic heterocycles. The lowest BCUT2D eigenvalue weighted by atomic mass is 10.0. The second kappa shape index (κ2) is 6.93. The van der Waals surface area contributed by atoms with Crippen LogP contribution < -0.4 is 5.32 Å². The van der Waals surface area contributed by atoms with Gasteiger partial charge >= 0.3 is 23.8 Å². The zero-order valence-electron chi connectivity index (χ0n) is 11.8. The number of rotatable bonds is 8. The summed E-state index contributed by atoms with van der Waals surface area (Å²) in [7, 11) is 0. The monoisotopic (exact) mass is 385 g/mol. The maximum Gasteiger partial charge on any atom is 0.397 e. The molecule has 0 aliphatic rings. The summed E-state index contributed by atoms with van der Waals surface area (Å²) in [4.78, 5) is 0. The molecule has 0 saturated heterocycles. The third-order valence-corrected chi connectivity index (χ3v) is 3.30. The van der Waals surface area contributed by atoms with E-state index in [1.165, 1.54) is 12.1 Å². The van der Waals surface area contributed by atoms with Gasteiger partial charge in [0.05, 0.1) is 0 Å². The van der Waals surface area contributed by atoms with Crippen molar-refractivity contribution in [2.24, 2.45) is 0 Å². The Morgan fingerprint density at radius 3 is 1.75 bits per heavy atom. The zero-order valence-corrected chi connectivity index (χ0v) is 12.7. The molecule has 0 fully saturated rings. The standard InChI is InChI=1S/C13H12F9NS/c14-7-10(15,16)11(17,18)12(19,20)13(21,22)23-9-3-1-8(2-4-9)5-6-24/h1-4,23-24H,5-7H2. The highest BCUT2D eigenvalue weighted by atomic mass is 32.1. The van der Waals surface area contributed by atoms with Crippen molar-refractivity contribution in [1.29, 1.82) is 0 Å². The Morgan fingerprint density at radius 1 is 0.833 bits per heavy atom. The summed E-state index contributed by atoms with van der Waals surface area (Å²) in [5.41, 5.74) is -0.109. The fourth-order valence-corrected chi connectivity index (χ4v) is 1.91. The Bertz CT molecular complexity index is 545.